The highest BCUT2D eigenvalue weighted by Crippen LogP contribution is 2.39. The number of halogens is 3. The summed E-state index contributed by atoms with van der Waals surface area (Å²) < 4.78 is 48.6. The van der Waals surface area contributed by atoms with E-state index in [4.69, 9.17) is 4.74 Å². The molecule has 0 atom stereocenters. The predicted octanol–water partition coefficient (Wildman–Crippen LogP) is 5.99. The fourth-order valence-corrected chi connectivity index (χ4v) is 5.27. The van der Waals surface area contributed by atoms with Gasteiger partial charge in [0.1, 0.15) is 17.1 Å². The number of hydrogen-bond donors (Lipinski definition) is 2. The van der Waals surface area contributed by atoms with Crippen LogP contribution >= 0.6 is 0 Å². The average molecular weight is 576 g/mol. The largest absolute Gasteiger partial charge is 0.494 e. The van der Waals surface area contributed by atoms with Crippen LogP contribution in [0.3, 0.4) is 0 Å². The summed E-state index contributed by atoms with van der Waals surface area (Å²) in [5, 5.41) is 12.1. The van der Waals surface area contributed by atoms with Gasteiger partial charge in [-0.2, -0.15) is 13.2 Å². The number of likely N-dealkylation sites (tertiary alicyclic amines) is 1. The zero-order chi connectivity index (χ0) is 29.4. The van der Waals surface area contributed by atoms with Crippen molar-refractivity contribution in [2.24, 2.45) is 0 Å². The molecule has 0 spiro atoms. The number of anilines is 1. The van der Waals surface area contributed by atoms with E-state index < -0.39 is 17.6 Å². The second kappa shape index (κ2) is 10.9. The lowest BCUT2D eigenvalue weighted by Gasteiger charge is -2.21. The van der Waals surface area contributed by atoms with E-state index in [-0.39, 0.29) is 17.0 Å². The van der Waals surface area contributed by atoms with Crippen molar-refractivity contribution in [3.63, 3.8) is 0 Å². The number of nitrogens with zero attached hydrogens (tertiary/aromatic N) is 5. The molecule has 1 aliphatic rings. The highest BCUT2D eigenvalue weighted by Gasteiger charge is 2.33. The van der Waals surface area contributed by atoms with Crippen LogP contribution in [0.15, 0.2) is 61.1 Å². The number of H-pyrrole nitrogens is 1. The van der Waals surface area contributed by atoms with E-state index in [9.17, 15) is 18.0 Å². The maximum absolute atomic E-state index is 13.8. The number of rotatable bonds is 7. The number of alkyl halides is 3. The van der Waals surface area contributed by atoms with Gasteiger partial charge in [-0.3, -0.25) is 9.69 Å². The molecule has 6 rings (SSSR count). The molecule has 216 valence electrons. The third-order valence-electron chi connectivity index (χ3n) is 7.45. The molecular weight excluding hydrogens is 547 g/mol. The number of pyridine rings is 1. The highest BCUT2D eigenvalue weighted by atomic mass is 19.4. The van der Waals surface area contributed by atoms with Crippen LogP contribution in [0.1, 0.15) is 39.9 Å². The van der Waals surface area contributed by atoms with Crippen LogP contribution in [0.25, 0.3) is 28.0 Å². The van der Waals surface area contributed by atoms with Crippen LogP contribution in [0.4, 0.5) is 18.9 Å². The molecule has 1 amide bonds. The normalized spacial score (nSPS) is 14.0. The number of nitrogens with one attached hydrogen (secondary N) is 2. The zero-order valence-corrected chi connectivity index (χ0v) is 23.0. The summed E-state index contributed by atoms with van der Waals surface area (Å²) in [6.07, 6.45) is 2.64. The fraction of sp³-hybridized carbons (Fsp3) is 0.267. The van der Waals surface area contributed by atoms with Gasteiger partial charge < -0.3 is 15.0 Å². The minimum Gasteiger partial charge on any atom is -0.494 e. The molecular formula is C30H28F3N7O2. The molecule has 42 heavy (non-hydrogen) atoms. The van der Waals surface area contributed by atoms with Gasteiger partial charge in [0.15, 0.2) is 0 Å². The minimum absolute atomic E-state index is 0.0376. The number of fused-ring (bicyclic) bond motifs is 1. The van der Waals surface area contributed by atoms with E-state index in [0.29, 0.717) is 23.5 Å². The summed E-state index contributed by atoms with van der Waals surface area (Å²) in [6, 6.07) is 10.9. The first-order chi connectivity index (χ1) is 20.2. The molecule has 0 radical (unpaired) electrons. The molecule has 1 fully saturated rings. The van der Waals surface area contributed by atoms with Crippen LogP contribution in [0.5, 0.6) is 5.75 Å². The Kier molecular flexibility index (Phi) is 7.15. The van der Waals surface area contributed by atoms with Crippen molar-refractivity contribution in [3.05, 3.63) is 83.3 Å². The third-order valence-corrected chi connectivity index (χ3v) is 7.45. The molecule has 1 saturated heterocycles. The van der Waals surface area contributed by atoms with Gasteiger partial charge in [-0.05, 0) is 74.8 Å². The van der Waals surface area contributed by atoms with Gasteiger partial charge in [0, 0.05) is 41.0 Å². The summed E-state index contributed by atoms with van der Waals surface area (Å²) in [5.74, 6) is -0.368. The first-order valence-electron chi connectivity index (χ1n) is 13.5. The standard InChI is InChI=1S/C30H28F3N7O2/c1-18-5-6-20(13-26(18)40-17-25(37-38-40)21-11-19-7-8-34-28(19)35-15-21)29(41)36-24-14-23(30(31,32)33)12-22(27(24)42-2)16-39-9-3-4-10-39/h5-8,11-15,17H,3-4,9-10,16H2,1-2H3,(H,34,35)(H,36,41). The SMILES string of the molecule is COc1c(CN2CCCC2)cc(C(F)(F)F)cc1NC(=O)c1ccc(C)c(-n2cc(-c3cnc4[nH]ccc4c3)nn2)c1. The van der Waals surface area contributed by atoms with Gasteiger partial charge in [0.2, 0.25) is 0 Å². The van der Waals surface area contributed by atoms with Crippen LogP contribution in [-0.4, -0.2) is 56.0 Å². The van der Waals surface area contributed by atoms with Gasteiger partial charge in [-0.25, -0.2) is 9.67 Å². The van der Waals surface area contributed by atoms with Crippen LogP contribution in [-0.2, 0) is 12.7 Å². The van der Waals surface area contributed by atoms with Gasteiger partial charge in [-0.1, -0.05) is 11.3 Å². The number of hydrogen-bond acceptors (Lipinski definition) is 6. The van der Waals surface area contributed by atoms with Crippen molar-refractivity contribution in [2.45, 2.75) is 32.5 Å². The van der Waals surface area contributed by atoms with Crippen LogP contribution < -0.4 is 10.1 Å². The summed E-state index contributed by atoms with van der Waals surface area (Å²) >= 11 is 0. The molecule has 4 heterocycles. The maximum atomic E-state index is 13.8. The third kappa shape index (κ3) is 5.45. The van der Waals surface area contributed by atoms with Crippen molar-refractivity contribution < 1.29 is 22.7 Å². The maximum Gasteiger partial charge on any atom is 0.416 e. The lowest BCUT2D eigenvalue weighted by Crippen LogP contribution is -2.21. The smallest absolute Gasteiger partial charge is 0.416 e. The average Bonchev–Trinajstić information content (AvgIpc) is 3.74. The number of carbonyl (C=O) groups excluding carboxylic acids is 1. The fourth-order valence-electron chi connectivity index (χ4n) is 5.27. The van der Waals surface area contributed by atoms with Gasteiger partial charge in [-0.15, -0.1) is 5.10 Å². The van der Waals surface area contributed by atoms with Gasteiger partial charge >= 0.3 is 6.18 Å². The molecule has 2 aromatic carbocycles. The van der Waals surface area contributed by atoms with E-state index in [1.165, 1.54) is 7.11 Å². The van der Waals surface area contributed by atoms with Crippen molar-refractivity contribution in [1.29, 1.82) is 0 Å². The Morgan fingerprint density at radius 1 is 1.12 bits per heavy atom. The van der Waals surface area contributed by atoms with E-state index in [1.54, 1.807) is 35.3 Å². The summed E-state index contributed by atoms with van der Waals surface area (Å²) in [5.41, 5.74) is 3.29. The Morgan fingerprint density at radius 2 is 1.93 bits per heavy atom. The second-order valence-corrected chi connectivity index (χ2v) is 10.3. The molecule has 9 nitrogen and oxygen atoms in total. The quantitative estimate of drug-likeness (QED) is 0.247. The Labute approximate surface area is 239 Å². The molecule has 0 saturated carbocycles. The van der Waals surface area contributed by atoms with Crippen LogP contribution in [0, 0.1) is 6.92 Å². The van der Waals surface area contributed by atoms with Crippen molar-refractivity contribution in [3.8, 4) is 22.7 Å². The molecule has 2 N–H and O–H groups in total. The Bertz CT molecular complexity index is 1770. The number of aromatic nitrogens is 5. The molecule has 5 aromatic rings. The number of aromatic amines is 1. The number of amides is 1. The first-order valence-corrected chi connectivity index (χ1v) is 13.5. The van der Waals surface area contributed by atoms with Crippen LogP contribution in [0.2, 0.25) is 0 Å². The van der Waals surface area contributed by atoms with E-state index in [0.717, 1.165) is 60.2 Å². The monoisotopic (exact) mass is 575 g/mol. The number of aryl methyl sites for hydroxylation is 1. The van der Waals surface area contributed by atoms with E-state index in [2.05, 4.69) is 30.5 Å². The molecule has 0 bridgehead atoms. The summed E-state index contributed by atoms with van der Waals surface area (Å²) in [7, 11) is 1.39. The Hall–Kier alpha value is -4.71. The summed E-state index contributed by atoms with van der Waals surface area (Å²) in [6.45, 7) is 3.76. The topological polar surface area (TPSA) is 101 Å². The lowest BCUT2D eigenvalue weighted by molar-refractivity contribution is -0.137. The van der Waals surface area contributed by atoms with E-state index >= 15 is 0 Å². The number of carbonyl (C=O) groups is 1. The van der Waals surface area contributed by atoms with Gasteiger partial charge in [0.05, 0.1) is 30.2 Å². The lowest BCUT2D eigenvalue weighted by atomic mass is 10.1. The Balaban J connectivity index is 1.30. The Morgan fingerprint density at radius 3 is 2.69 bits per heavy atom. The summed E-state index contributed by atoms with van der Waals surface area (Å²) in [4.78, 5) is 22.9. The highest BCUT2D eigenvalue weighted by molar-refractivity contribution is 6.05. The van der Waals surface area contributed by atoms with Crippen molar-refractivity contribution in [1.82, 2.24) is 29.9 Å². The van der Waals surface area contributed by atoms with E-state index in [1.807, 2.05) is 25.3 Å². The number of methoxy groups -OCH3 is 1. The predicted molar refractivity (Wildman–Crippen MR) is 152 cm³/mol. The number of ether oxygens (including phenoxy) is 1. The van der Waals surface area contributed by atoms with Crippen molar-refractivity contribution in [2.75, 3.05) is 25.5 Å². The molecule has 3 aromatic heterocycles. The number of benzene rings is 2. The molecule has 0 unspecified atom stereocenters. The molecule has 0 aliphatic carbocycles. The van der Waals surface area contributed by atoms with Crippen molar-refractivity contribution >= 4 is 22.6 Å². The van der Waals surface area contributed by atoms with Gasteiger partial charge in [0.25, 0.3) is 5.91 Å². The molecule has 1 aliphatic heterocycles. The second-order valence-electron chi connectivity index (χ2n) is 10.3. The minimum atomic E-state index is -4.59. The zero-order valence-electron chi connectivity index (χ0n) is 23.0. The molecule has 12 heteroatoms. The first kappa shape index (κ1) is 27.5.